The van der Waals surface area contributed by atoms with Gasteiger partial charge in [0, 0.05) is 5.56 Å². The van der Waals surface area contributed by atoms with Crippen molar-refractivity contribution >= 4 is 30.1 Å². The van der Waals surface area contributed by atoms with Crippen LogP contribution in [0.1, 0.15) is 29.8 Å². The van der Waals surface area contributed by atoms with E-state index in [1.54, 1.807) is 68.4 Å². The number of hydrogen-bond donors (Lipinski definition) is 1. The summed E-state index contributed by atoms with van der Waals surface area (Å²) in [6.45, 7) is 3.67. The predicted molar refractivity (Wildman–Crippen MR) is 104 cm³/mol. The molecular formula is C19H21ClNO4P. The van der Waals surface area contributed by atoms with Crippen LogP contribution in [0.15, 0.2) is 66.1 Å². The van der Waals surface area contributed by atoms with Gasteiger partial charge >= 0.3 is 7.60 Å². The number of halogens is 1. The Morgan fingerprint density at radius 3 is 1.85 bits per heavy atom. The van der Waals surface area contributed by atoms with Crippen molar-refractivity contribution in [2.24, 2.45) is 0 Å². The van der Waals surface area contributed by atoms with Gasteiger partial charge in [0.1, 0.15) is 0 Å². The molecule has 0 fully saturated rings. The number of nitrogens with one attached hydrogen (secondary N) is 1. The highest BCUT2D eigenvalue weighted by Crippen LogP contribution is 2.57. The van der Waals surface area contributed by atoms with Gasteiger partial charge in [-0.25, -0.2) is 0 Å². The zero-order valence-corrected chi connectivity index (χ0v) is 16.3. The molecule has 138 valence electrons. The van der Waals surface area contributed by atoms with Crippen LogP contribution >= 0.6 is 19.2 Å². The van der Waals surface area contributed by atoms with Gasteiger partial charge in [-0.05, 0) is 31.5 Å². The first-order chi connectivity index (χ1) is 12.5. The van der Waals surface area contributed by atoms with E-state index in [0.717, 1.165) is 0 Å². The summed E-state index contributed by atoms with van der Waals surface area (Å²) >= 11 is 6.49. The second kappa shape index (κ2) is 9.70. The van der Waals surface area contributed by atoms with Crippen molar-refractivity contribution < 1.29 is 18.4 Å². The zero-order valence-electron chi connectivity index (χ0n) is 14.6. The third-order valence-corrected chi connectivity index (χ3v) is 5.99. The minimum absolute atomic E-state index is 0.0667. The molecule has 0 aromatic heterocycles. The van der Waals surface area contributed by atoms with Crippen LogP contribution in [0.4, 0.5) is 0 Å². The molecular weight excluding hydrogens is 373 g/mol. The second-order valence-electron chi connectivity index (χ2n) is 5.18. The fourth-order valence-electron chi connectivity index (χ4n) is 2.24. The number of carbonyl (C=O) groups excluding carboxylic acids is 1. The van der Waals surface area contributed by atoms with Crippen molar-refractivity contribution in [3.05, 3.63) is 77.2 Å². The van der Waals surface area contributed by atoms with E-state index in [-0.39, 0.29) is 23.7 Å². The van der Waals surface area contributed by atoms with Crippen LogP contribution in [0, 0.1) is 0 Å². The Labute approximate surface area is 158 Å². The lowest BCUT2D eigenvalue weighted by Crippen LogP contribution is -2.24. The fourth-order valence-corrected chi connectivity index (χ4v) is 4.34. The van der Waals surface area contributed by atoms with Crippen LogP contribution in [0.5, 0.6) is 0 Å². The summed E-state index contributed by atoms with van der Waals surface area (Å²) in [6.07, 6.45) is 0. The van der Waals surface area contributed by atoms with E-state index in [4.69, 9.17) is 20.6 Å². The molecule has 1 amide bonds. The standard InChI is InChI=1S/C19H21ClNO4P/c1-3-24-26(23,25-4-2)19(17(20)15-11-7-5-8-12-15)21-18(22)16-13-9-6-10-14-16/h5-14H,3-4H2,1-2H3,(H,21,22)/b19-17+. The molecule has 0 atom stereocenters. The predicted octanol–water partition coefficient (Wildman–Crippen LogP) is 5.25. The van der Waals surface area contributed by atoms with E-state index < -0.39 is 13.5 Å². The minimum Gasteiger partial charge on any atom is -0.314 e. The molecule has 2 rings (SSSR count). The van der Waals surface area contributed by atoms with Gasteiger partial charge in [0.2, 0.25) is 0 Å². The first-order valence-corrected chi connectivity index (χ1v) is 10.1. The first kappa shape index (κ1) is 20.4. The summed E-state index contributed by atoms with van der Waals surface area (Å²) in [5.74, 6) is -0.450. The monoisotopic (exact) mass is 393 g/mol. The van der Waals surface area contributed by atoms with Gasteiger partial charge in [0.05, 0.1) is 18.2 Å². The molecule has 0 saturated heterocycles. The molecule has 5 nitrogen and oxygen atoms in total. The maximum atomic E-state index is 13.3. The third-order valence-electron chi connectivity index (χ3n) is 3.38. The average Bonchev–Trinajstić information content (AvgIpc) is 2.67. The lowest BCUT2D eigenvalue weighted by molar-refractivity contribution is 0.0965. The number of benzene rings is 2. The molecule has 26 heavy (non-hydrogen) atoms. The van der Waals surface area contributed by atoms with Gasteiger partial charge in [-0.3, -0.25) is 9.36 Å². The summed E-state index contributed by atoms with van der Waals surface area (Å²) in [7, 11) is -3.81. The van der Waals surface area contributed by atoms with Crippen LogP contribution in [0.3, 0.4) is 0 Å². The van der Waals surface area contributed by atoms with E-state index >= 15 is 0 Å². The van der Waals surface area contributed by atoms with Crippen LogP contribution in [0.2, 0.25) is 0 Å². The molecule has 0 aliphatic carbocycles. The number of hydrogen-bond acceptors (Lipinski definition) is 4. The molecule has 0 radical (unpaired) electrons. The van der Waals surface area contributed by atoms with Crippen molar-refractivity contribution in [3.63, 3.8) is 0 Å². The average molecular weight is 394 g/mol. The molecule has 0 heterocycles. The highest BCUT2D eigenvalue weighted by Gasteiger charge is 2.34. The highest BCUT2D eigenvalue weighted by molar-refractivity contribution is 7.59. The van der Waals surface area contributed by atoms with Gasteiger partial charge in [0.15, 0.2) is 5.44 Å². The molecule has 7 heteroatoms. The molecule has 0 spiro atoms. The quantitative estimate of drug-likeness (QED) is 0.622. The van der Waals surface area contributed by atoms with Crippen molar-refractivity contribution in [3.8, 4) is 0 Å². The Kier molecular flexibility index (Phi) is 7.61. The minimum atomic E-state index is -3.81. The van der Waals surface area contributed by atoms with Gasteiger partial charge in [-0.2, -0.15) is 0 Å². The molecule has 2 aromatic carbocycles. The Morgan fingerprint density at radius 1 is 0.923 bits per heavy atom. The zero-order chi connectivity index (χ0) is 19.0. The molecule has 0 aliphatic rings. The van der Waals surface area contributed by atoms with Gasteiger partial charge in [-0.15, -0.1) is 0 Å². The van der Waals surface area contributed by atoms with Gasteiger partial charge in [0.25, 0.3) is 5.91 Å². The van der Waals surface area contributed by atoms with Crippen molar-refractivity contribution in [2.75, 3.05) is 13.2 Å². The lowest BCUT2D eigenvalue weighted by Gasteiger charge is -2.22. The Balaban J connectivity index is 2.51. The van der Waals surface area contributed by atoms with Crippen LogP contribution < -0.4 is 5.32 Å². The largest absolute Gasteiger partial charge is 0.379 e. The van der Waals surface area contributed by atoms with Crippen molar-refractivity contribution in [2.45, 2.75) is 13.8 Å². The molecule has 0 bridgehead atoms. The summed E-state index contributed by atoms with van der Waals surface area (Å²) < 4.78 is 24.1. The SMILES string of the molecule is CCOP(=O)(OCC)/C(NC(=O)c1ccccc1)=C(/Cl)c1ccccc1. The maximum absolute atomic E-state index is 13.3. The maximum Gasteiger partial charge on any atom is 0.379 e. The first-order valence-electron chi connectivity index (χ1n) is 8.23. The van der Waals surface area contributed by atoms with E-state index in [9.17, 15) is 9.36 Å². The van der Waals surface area contributed by atoms with E-state index in [1.807, 2.05) is 6.07 Å². The number of carbonyl (C=O) groups is 1. The summed E-state index contributed by atoms with van der Waals surface area (Å²) in [5, 5.41) is 2.75. The Bertz CT molecular complexity index is 799. The second-order valence-corrected chi connectivity index (χ2v) is 7.52. The molecule has 2 aromatic rings. The fraction of sp³-hybridized carbons (Fsp3) is 0.211. The van der Waals surface area contributed by atoms with Gasteiger partial charge < -0.3 is 14.4 Å². The number of rotatable bonds is 8. The Morgan fingerprint density at radius 2 is 1.38 bits per heavy atom. The normalized spacial score (nSPS) is 12.4. The summed E-state index contributed by atoms with van der Waals surface area (Å²) in [6, 6.07) is 17.5. The lowest BCUT2D eigenvalue weighted by atomic mass is 10.2. The Hall–Kier alpha value is -1.91. The summed E-state index contributed by atoms with van der Waals surface area (Å²) in [4.78, 5) is 12.6. The van der Waals surface area contributed by atoms with Crippen LogP contribution in [0.25, 0.3) is 5.03 Å². The van der Waals surface area contributed by atoms with Crippen LogP contribution in [-0.2, 0) is 13.6 Å². The van der Waals surface area contributed by atoms with E-state index in [2.05, 4.69) is 5.32 Å². The highest BCUT2D eigenvalue weighted by atomic mass is 35.5. The number of amides is 1. The smallest absolute Gasteiger partial charge is 0.314 e. The summed E-state index contributed by atoms with van der Waals surface area (Å²) in [5.41, 5.74) is 0.933. The molecule has 1 N–H and O–H groups in total. The van der Waals surface area contributed by atoms with Crippen LogP contribution in [-0.4, -0.2) is 19.1 Å². The topological polar surface area (TPSA) is 64.6 Å². The molecule has 0 unspecified atom stereocenters. The van der Waals surface area contributed by atoms with E-state index in [1.165, 1.54) is 0 Å². The van der Waals surface area contributed by atoms with E-state index in [0.29, 0.717) is 11.1 Å². The molecule has 0 aliphatic heterocycles. The third kappa shape index (κ3) is 5.05. The van der Waals surface area contributed by atoms with Crippen molar-refractivity contribution in [1.82, 2.24) is 5.32 Å². The van der Waals surface area contributed by atoms with Gasteiger partial charge in [-0.1, -0.05) is 60.1 Å². The molecule has 0 saturated carbocycles. The van der Waals surface area contributed by atoms with Crippen molar-refractivity contribution in [1.29, 1.82) is 0 Å².